The fraction of sp³-hybridized carbons (Fsp3) is 0.100. The molecular weight excluding hydrogens is 504 g/mol. The number of nitrogens with two attached hydrogens (primary N) is 2. The van der Waals surface area contributed by atoms with Crippen LogP contribution in [0.25, 0.3) is 22.1 Å². The Morgan fingerprint density at radius 1 is 1.05 bits per heavy atom. The molecule has 0 aliphatic heterocycles. The van der Waals surface area contributed by atoms with Crippen LogP contribution in [0, 0.1) is 11.8 Å². The highest BCUT2D eigenvalue weighted by Gasteiger charge is 2.15. The molecule has 0 saturated carbocycles. The zero-order chi connectivity index (χ0) is 28.2. The smallest absolute Gasteiger partial charge is 0.264 e. The molecule has 0 bridgehead atoms. The molecule has 0 spiro atoms. The van der Waals surface area contributed by atoms with Crippen molar-refractivity contribution in [1.29, 1.82) is 0 Å². The Morgan fingerprint density at radius 3 is 2.55 bits per heavy atom. The van der Waals surface area contributed by atoms with Gasteiger partial charge in [0.15, 0.2) is 11.5 Å². The van der Waals surface area contributed by atoms with Gasteiger partial charge in [0.2, 0.25) is 0 Å². The average molecular weight is 531 g/mol. The number of hydrogen-bond donors (Lipinski definition) is 2. The third kappa shape index (κ3) is 4.91. The molecule has 198 valence electrons. The minimum atomic E-state index is -0.619. The van der Waals surface area contributed by atoms with Crippen molar-refractivity contribution in [2.75, 3.05) is 5.73 Å². The van der Waals surface area contributed by atoms with Crippen LogP contribution in [0.5, 0.6) is 0 Å². The molecule has 0 aliphatic carbocycles. The quantitative estimate of drug-likeness (QED) is 0.337. The van der Waals surface area contributed by atoms with Crippen LogP contribution in [-0.2, 0) is 13.5 Å². The van der Waals surface area contributed by atoms with Crippen molar-refractivity contribution in [2.45, 2.75) is 13.3 Å². The molecule has 0 radical (unpaired) electrons. The van der Waals surface area contributed by atoms with Gasteiger partial charge in [0.25, 0.3) is 11.5 Å². The zero-order valence-corrected chi connectivity index (χ0v) is 21.9. The standard InChI is InChI=1S/C23H19N3O.C7H7N5O/c1-3-19-14-18-9-7-8-17(12-13-21-15-24-16-25(21)2)22(18)23(27)26(19)20-10-5-4-6-11-20;8-5-4(6(9)13)7-10-2-1-3-12(7)11-5/h4-11,14-16H,3H2,1-2H3;1-3H,(H2,8,11)(H2,9,13). The van der Waals surface area contributed by atoms with Gasteiger partial charge in [-0.3, -0.25) is 14.2 Å². The molecule has 40 heavy (non-hydrogen) atoms. The molecular formula is C30H26N8O2. The van der Waals surface area contributed by atoms with E-state index in [-0.39, 0.29) is 16.9 Å². The summed E-state index contributed by atoms with van der Waals surface area (Å²) in [5, 5.41) is 5.43. The number of imidazole rings is 1. The molecule has 4 aromatic heterocycles. The Bertz CT molecular complexity index is 1970. The lowest BCUT2D eigenvalue weighted by atomic mass is 10.0. The van der Waals surface area contributed by atoms with Gasteiger partial charge < -0.3 is 16.0 Å². The number of aromatic nitrogens is 6. The van der Waals surface area contributed by atoms with Crippen molar-refractivity contribution < 1.29 is 4.79 Å². The van der Waals surface area contributed by atoms with Gasteiger partial charge in [-0.2, -0.15) is 0 Å². The van der Waals surface area contributed by atoms with Gasteiger partial charge in [-0.1, -0.05) is 43.2 Å². The molecule has 4 N–H and O–H groups in total. The molecule has 6 aromatic rings. The van der Waals surface area contributed by atoms with Gasteiger partial charge in [-0.25, -0.2) is 14.5 Å². The average Bonchev–Trinajstić information content (AvgIpc) is 3.53. The first-order chi connectivity index (χ1) is 19.4. The van der Waals surface area contributed by atoms with Gasteiger partial charge in [0.1, 0.15) is 11.3 Å². The maximum absolute atomic E-state index is 13.4. The van der Waals surface area contributed by atoms with Crippen LogP contribution in [0.2, 0.25) is 0 Å². The number of rotatable bonds is 3. The van der Waals surface area contributed by atoms with E-state index in [0.29, 0.717) is 11.0 Å². The van der Waals surface area contributed by atoms with Gasteiger partial charge in [-0.05, 0) is 48.1 Å². The highest BCUT2D eigenvalue weighted by Crippen LogP contribution is 2.19. The van der Waals surface area contributed by atoms with Crippen molar-refractivity contribution in [3.63, 3.8) is 0 Å². The Kier molecular flexibility index (Phi) is 7.11. The van der Waals surface area contributed by atoms with Crippen LogP contribution >= 0.6 is 0 Å². The number of nitrogens with zero attached hydrogens (tertiary/aromatic N) is 6. The largest absolute Gasteiger partial charge is 0.381 e. The van der Waals surface area contributed by atoms with E-state index in [2.05, 4.69) is 39.9 Å². The predicted molar refractivity (Wildman–Crippen MR) is 154 cm³/mol. The lowest BCUT2D eigenvalue weighted by Crippen LogP contribution is -2.22. The summed E-state index contributed by atoms with van der Waals surface area (Å²) in [5.74, 6) is 5.77. The summed E-state index contributed by atoms with van der Waals surface area (Å²) in [6, 6.07) is 19.3. The van der Waals surface area contributed by atoms with Crippen LogP contribution in [0.15, 0.2) is 90.4 Å². The number of nitrogen functional groups attached to an aromatic ring is 1. The molecule has 4 heterocycles. The maximum atomic E-state index is 13.4. The summed E-state index contributed by atoms with van der Waals surface area (Å²) in [6.07, 6.45) is 7.39. The number of aryl methyl sites for hydroxylation is 2. The molecule has 2 aromatic carbocycles. The summed E-state index contributed by atoms with van der Waals surface area (Å²) in [7, 11) is 1.90. The van der Waals surface area contributed by atoms with Gasteiger partial charge in [0.05, 0.1) is 17.9 Å². The normalized spacial score (nSPS) is 10.6. The number of amides is 1. The molecule has 6 rings (SSSR count). The number of fused-ring (bicyclic) bond motifs is 2. The van der Waals surface area contributed by atoms with E-state index < -0.39 is 5.91 Å². The van der Waals surface area contributed by atoms with Gasteiger partial charge >= 0.3 is 0 Å². The van der Waals surface area contributed by atoms with Crippen molar-refractivity contribution in [1.82, 2.24) is 28.7 Å². The Hall–Kier alpha value is -5.69. The molecule has 0 saturated heterocycles. The van der Waals surface area contributed by atoms with E-state index in [1.807, 2.05) is 60.1 Å². The van der Waals surface area contributed by atoms with E-state index in [4.69, 9.17) is 11.5 Å². The Balaban J connectivity index is 0.000000207. The first-order valence-corrected chi connectivity index (χ1v) is 12.5. The highest BCUT2D eigenvalue weighted by molar-refractivity contribution is 6.03. The second-order valence-corrected chi connectivity index (χ2v) is 8.89. The van der Waals surface area contributed by atoms with E-state index in [9.17, 15) is 9.59 Å². The van der Waals surface area contributed by atoms with E-state index >= 15 is 0 Å². The first kappa shape index (κ1) is 25.9. The summed E-state index contributed by atoms with van der Waals surface area (Å²) >= 11 is 0. The molecule has 1 amide bonds. The lowest BCUT2D eigenvalue weighted by molar-refractivity contribution is 0.100. The van der Waals surface area contributed by atoms with E-state index in [1.165, 1.54) is 4.52 Å². The van der Waals surface area contributed by atoms with Gasteiger partial charge in [0, 0.05) is 36.4 Å². The molecule has 10 nitrogen and oxygen atoms in total. The second kappa shape index (κ2) is 11.0. The summed E-state index contributed by atoms with van der Waals surface area (Å²) in [5.41, 5.74) is 14.5. The number of hydrogen-bond acceptors (Lipinski definition) is 6. The predicted octanol–water partition coefficient (Wildman–Crippen LogP) is 3.10. The zero-order valence-electron chi connectivity index (χ0n) is 21.9. The minimum absolute atomic E-state index is 0.0366. The number of pyridine rings is 1. The van der Waals surface area contributed by atoms with Crippen LogP contribution in [-0.4, -0.2) is 34.6 Å². The van der Waals surface area contributed by atoms with Crippen LogP contribution < -0.4 is 17.0 Å². The summed E-state index contributed by atoms with van der Waals surface area (Å²) < 4.78 is 5.06. The van der Waals surface area contributed by atoms with Crippen molar-refractivity contribution in [3.8, 4) is 17.5 Å². The Morgan fingerprint density at radius 2 is 1.85 bits per heavy atom. The van der Waals surface area contributed by atoms with Gasteiger partial charge in [-0.15, -0.1) is 5.10 Å². The fourth-order valence-electron chi connectivity index (χ4n) is 4.39. The number of benzene rings is 2. The Labute approximate surface area is 229 Å². The molecule has 0 atom stereocenters. The third-order valence-corrected chi connectivity index (χ3v) is 6.31. The summed E-state index contributed by atoms with van der Waals surface area (Å²) in [4.78, 5) is 32.4. The van der Waals surface area contributed by atoms with Crippen LogP contribution in [0.4, 0.5) is 5.82 Å². The number of carbonyl (C=O) groups is 1. The highest BCUT2D eigenvalue weighted by atomic mass is 16.1. The molecule has 10 heteroatoms. The summed E-state index contributed by atoms with van der Waals surface area (Å²) in [6.45, 7) is 2.06. The molecule has 0 aliphatic rings. The number of primary amides is 1. The van der Waals surface area contributed by atoms with Crippen LogP contribution in [0.1, 0.15) is 34.2 Å². The monoisotopic (exact) mass is 530 g/mol. The van der Waals surface area contributed by atoms with E-state index in [1.54, 1.807) is 35.6 Å². The number of para-hydroxylation sites is 1. The minimum Gasteiger partial charge on any atom is -0.381 e. The van der Waals surface area contributed by atoms with Crippen molar-refractivity contribution >= 4 is 28.1 Å². The lowest BCUT2D eigenvalue weighted by Gasteiger charge is -2.14. The number of anilines is 1. The van der Waals surface area contributed by atoms with Crippen molar-refractivity contribution in [3.05, 3.63) is 118 Å². The third-order valence-electron chi connectivity index (χ3n) is 6.31. The fourth-order valence-corrected chi connectivity index (χ4v) is 4.39. The number of carbonyl (C=O) groups excluding carboxylic acids is 1. The first-order valence-electron chi connectivity index (χ1n) is 12.5. The SMILES string of the molecule is CCc1cc2cccc(C#Cc3cncn3C)c2c(=O)n1-c1ccccc1.NC(=O)c1c(N)nn2cccnc12. The molecule has 0 fully saturated rings. The van der Waals surface area contributed by atoms with Crippen LogP contribution in [0.3, 0.4) is 0 Å². The van der Waals surface area contributed by atoms with E-state index in [0.717, 1.165) is 34.4 Å². The second-order valence-electron chi connectivity index (χ2n) is 8.89. The van der Waals surface area contributed by atoms with Crippen molar-refractivity contribution in [2.24, 2.45) is 12.8 Å². The maximum Gasteiger partial charge on any atom is 0.264 e. The topological polar surface area (TPSA) is 139 Å². The molecule has 0 unspecified atom stereocenters.